The van der Waals surface area contributed by atoms with Gasteiger partial charge in [-0.05, 0) is 24.8 Å². The van der Waals surface area contributed by atoms with Crippen molar-refractivity contribution < 1.29 is 14.3 Å². The highest BCUT2D eigenvalue weighted by molar-refractivity contribution is 6.33. The first-order chi connectivity index (χ1) is 11.0. The second-order valence-corrected chi connectivity index (χ2v) is 6.51. The van der Waals surface area contributed by atoms with Crippen LogP contribution in [0.2, 0.25) is 5.02 Å². The lowest BCUT2D eigenvalue weighted by molar-refractivity contribution is -0.131. The fourth-order valence-corrected chi connectivity index (χ4v) is 3.16. The molecule has 7 heteroatoms. The van der Waals surface area contributed by atoms with E-state index in [0.717, 1.165) is 19.5 Å². The molecular weight excluding hydrogens is 318 g/mol. The van der Waals surface area contributed by atoms with E-state index in [-0.39, 0.29) is 25.0 Å². The van der Waals surface area contributed by atoms with Gasteiger partial charge in [0.2, 0.25) is 5.91 Å². The molecule has 1 atom stereocenters. The summed E-state index contributed by atoms with van der Waals surface area (Å²) in [4.78, 5) is 25.5. The van der Waals surface area contributed by atoms with E-state index in [1.54, 1.807) is 12.1 Å². The van der Waals surface area contributed by atoms with Gasteiger partial charge in [0.15, 0.2) is 6.61 Å². The molecule has 0 bridgehead atoms. The summed E-state index contributed by atoms with van der Waals surface area (Å²) in [5.41, 5.74) is 1.17. The van der Waals surface area contributed by atoms with Crippen LogP contribution in [0.25, 0.3) is 0 Å². The van der Waals surface area contributed by atoms with Crippen LogP contribution in [0, 0.1) is 5.92 Å². The minimum atomic E-state index is -0.205. The third-order valence-corrected chi connectivity index (χ3v) is 4.45. The molecule has 1 saturated heterocycles. The molecule has 2 aliphatic heterocycles. The van der Waals surface area contributed by atoms with Gasteiger partial charge >= 0.3 is 0 Å². The standard InChI is InChI=1S/C16H20ClN3O3/c1-10-3-2-4-20(8-10)16(22)7-18-12-6-14-13(5-11(12)17)19-15(21)9-23-14/h5-6,10,18H,2-4,7-9H2,1H3,(H,19,21). The Morgan fingerprint density at radius 1 is 1.52 bits per heavy atom. The van der Waals surface area contributed by atoms with Crippen LogP contribution in [0.15, 0.2) is 12.1 Å². The van der Waals surface area contributed by atoms with E-state index in [2.05, 4.69) is 17.6 Å². The average molecular weight is 338 g/mol. The van der Waals surface area contributed by atoms with E-state index in [0.29, 0.717) is 28.1 Å². The topological polar surface area (TPSA) is 70.7 Å². The second-order valence-electron chi connectivity index (χ2n) is 6.11. The molecule has 0 aromatic heterocycles. The fourth-order valence-electron chi connectivity index (χ4n) is 2.93. The summed E-state index contributed by atoms with van der Waals surface area (Å²) < 4.78 is 5.36. The van der Waals surface area contributed by atoms with E-state index in [4.69, 9.17) is 16.3 Å². The molecule has 23 heavy (non-hydrogen) atoms. The fraction of sp³-hybridized carbons (Fsp3) is 0.500. The lowest BCUT2D eigenvalue weighted by atomic mass is 10.0. The van der Waals surface area contributed by atoms with Crippen LogP contribution in [-0.2, 0) is 9.59 Å². The minimum Gasteiger partial charge on any atom is -0.482 e. The maximum atomic E-state index is 12.3. The molecule has 0 spiro atoms. The summed E-state index contributed by atoms with van der Waals surface area (Å²) in [5.74, 6) is 0.968. The normalized spacial score (nSPS) is 20.3. The van der Waals surface area contributed by atoms with Gasteiger partial charge in [-0.3, -0.25) is 9.59 Å². The van der Waals surface area contributed by atoms with Gasteiger partial charge in [-0.15, -0.1) is 0 Å². The third kappa shape index (κ3) is 3.69. The van der Waals surface area contributed by atoms with Crippen LogP contribution >= 0.6 is 11.6 Å². The molecule has 1 fully saturated rings. The zero-order valence-corrected chi connectivity index (χ0v) is 13.8. The Bertz CT molecular complexity index is 635. The van der Waals surface area contributed by atoms with Crippen molar-refractivity contribution in [3.05, 3.63) is 17.2 Å². The second kappa shape index (κ2) is 6.66. The molecule has 1 aromatic rings. The molecule has 2 heterocycles. The first-order valence-electron chi connectivity index (χ1n) is 7.81. The lowest BCUT2D eigenvalue weighted by Crippen LogP contribution is -2.42. The Morgan fingerprint density at radius 3 is 3.13 bits per heavy atom. The number of anilines is 2. The van der Waals surface area contributed by atoms with Gasteiger partial charge in [0.25, 0.3) is 5.91 Å². The monoisotopic (exact) mass is 337 g/mol. The van der Waals surface area contributed by atoms with Gasteiger partial charge in [0.1, 0.15) is 5.75 Å². The molecule has 0 radical (unpaired) electrons. The third-order valence-electron chi connectivity index (χ3n) is 4.14. The van der Waals surface area contributed by atoms with E-state index in [1.807, 2.05) is 4.90 Å². The van der Waals surface area contributed by atoms with Gasteiger partial charge in [-0.1, -0.05) is 18.5 Å². The smallest absolute Gasteiger partial charge is 0.262 e. The summed E-state index contributed by atoms with van der Waals surface area (Å²) >= 11 is 6.21. The maximum Gasteiger partial charge on any atom is 0.262 e. The van der Waals surface area contributed by atoms with Crippen molar-refractivity contribution in [2.45, 2.75) is 19.8 Å². The summed E-state index contributed by atoms with van der Waals surface area (Å²) in [6, 6.07) is 3.34. The highest BCUT2D eigenvalue weighted by Crippen LogP contribution is 2.36. The number of hydrogen-bond acceptors (Lipinski definition) is 4. The number of carbonyl (C=O) groups is 2. The largest absolute Gasteiger partial charge is 0.482 e. The van der Waals surface area contributed by atoms with Gasteiger partial charge in [0, 0.05) is 19.2 Å². The number of rotatable bonds is 3. The molecular formula is C16H20ClN3O3. The van der Waals surface area contributed by atoms with Crippen LogP contribution in [0.3, 0.4) is 0 Å². The highest BCUT2D eigenvalue weighted by Gasteiger charge is 2.22. The van der Waals surface area contributed by atoms with Gasteiger partial charge in [-0.2, -0.15) is 0 Å². The molecule has 0 aliphatic carbocycles. The number of hydrogen-bond donors (Lipinski definition) is 2. The molecule has 1 aromatic carbocycles. The average Bonchev–Trinajstić information content (AvgIpc) is 2.52. The van der Waals surface area contributed by atoms with Crippen LogP contribution in [-0.4, -0.2) is 43.0 Å². The maximum absolute atomic E-state index is 12.3. The molecule has 124 valence electrons. The Labute approximate surface area is 140 Å². The summed E-state index contributed by atoms with van der Waals surface area (Å²) in [7, 11) is 0. The van der Waals surface area contributed by atoms with Crippen LogP contribution in [0.1, 0.15) is 19.8 Å². The predicted molar refractivity (Wildman–Crippen MR) is 89.0 cm³/mol. The summed E-state index contributed by atoms with van der Waals surface area (Å²) in [6.07, 6.45) is 2.23. The van der Waals surface area contributed by atoms with Gasteiger partial charge in [-0.25, -0.2) is 0 Å². The van der Waals surface area contributed by atoms with Crippen molar-refractivity contribution in [1.29, 1.82) is 0 Å². The molecule has 6 nitrogen and oxygen atoms in total. The van der Waals surface area contributed by atoms with E-state index in [9.17, 15) is 9.59 Å². The number of carbonyl (C=O) groups excluding carboxylic acids is 2. The number of ether oxygens (including phenoxy) is 1. The Balaban J connectivity index is 1.64. The van der Waals surface area contributed by atoms with Crippen LogP contribution in [0.5, 0.6) is 5.75 Å². The Morgan fingerprint density at radius 2 is 2.35 bits per heavy atom. The minimum absolute atomic E-state index is 0.0152. The number of amides is 2. The number of benzene rings is 1. The zero-order chi connectivity index (χ0) is 16.4. The quantitative estimate of drug-likeness (QED) is 0.888. The van der Waals surface area contributed by atoms with Crippen molar-refractivity contribution in [3.8, 4) is 5.75 Å². The van der Waals surface area contributed by atoms with Crippen molar-refractivity contribution in [2.75, 3.05) is 36.9 Å². The Kier molecular flexibility index (Phi) is 4.61. The van der Waals surface area contributed by atoms with Gasteiger partial charge in [0.05, 0.1) is 22.9 Å². The molecule has 2 N–H and O–H groups in total. The number of fused-ring (bicyclic) bond motifs is 1. The molecule has 2 amide bonds. The summed E-state index contributed by atoms with van der Waals surface area (Å²) in [6.45, 7) is 3.97. The number of likely N-dealkylation sites (tertiary alicyclic amines) is 1. The molecule has 2 aliphatic rings. The van der Waals surface area contributed by atoms with E-state index >= 15 is 0 Å². The predicted octanol–water partition coefficient (Wildman–Crippen LogP) is 2.34. The number of nitrogens with zero attached hydrogens (tertiary/aromatic N) is 1. The summed E-state index contributed by atoms with van der Waals surface area (Å²) in [5, 5.41) is 6.21. The van der Waals surface area contributed by atoms with E-state index in [1.165, 1.54) is 6.42 Å². The number of piperidine rings is 1. The van der Waals surface area contributed by atoms with Crippen molar-refractivity contribution in [3.63, 3.8) is 0 Å². The first-order valence-corrected chi connectivity index (χ1v) is 8.18. The number of halogens is 1. The SMILES string of the molecule is CC1CCCN(C(=O)CNc2cc3c(cc2Cl)NC(=O)CO3)C1. The molecule has 1 unspecified atom stereocenters. The van der Waals surface area contributed by atoms with Crippen LogP contribution in [0.4, 0.5) is 11.4 Å². The first kappa shape index (κ1) is 15.9. The van der Waals surface area contributed by atoms with Crippen LogP contribution < -0.4 is 15.4 Å². The van der Waals surface area contributed by atoms with Crippen molar-refractivity contribution >= 4 is 34.8 Å². The molecule has 3 rings (SSSR count). The Hall–Kier alpha value is -1.95. The molecule has 0 saturated carbocycles. The van der Waals surface area contributed by atoms with Crippen molar-refractivity contribution in [2.24, 2.45) is 5.92 Å². The number of nitrogens with one attached hydrogen (secondary N) is 2. The van der Waals surface area contributed by atoms with Gasteiger partial charge < -0.3 is 20.3 Å². The lowest BCUT2D eigenvalue weighted by Gasteiger charge is -2.31. The van der Waals surface area contributed by atoms with E-state index < -0.39 is 0 Å². The highest BCUT2D eigenvalue weighted by atomic mass is 35.5. The zero-order valence-electron chi connectivity index (χ0n) is 13.0. The van der Waals surface area contributed by atoms with Crippen molar-refractivity contribution in [1.82, 2.24) is 4.90 Å².